The zero-order chi connectivity index (χ0) is 15.2. The van der Waals surface area contributed by atoms with Crippen LogP contribution in [-0.2, 0) is 6.18 Å². The van der Waals surface area contributed by atoms with Crippen LogP contribution >= 0.6 is 11.6 Å². The normalized spacial score (nSPS) is 12.0. The smallest absolute Gasteiger partial charge is 0.262 e. The van der Waals surface area contributed by atoms with Crippen molar-refractivity contribution >= 4 is 17.2 Å². The van der Waals surface area contributed by atoms with Crippen LogP contribution < -0.4 is 0 Å². The Balaban J connectivity index is 2.28. The van der Waals surface area contributed by atoms with E-state index in [-0.39, 0.29) is 22.2 Å². The van der Waals surface area contributed by atoms with Gasteiger partial charge >= 0.3 is 6.18 Å². The third kappa shape index (κ3) is 2.31. The minimum absolute atomic E-state index is 0.0595. The molecule has 3 rings (SSSR count). The average molecular weight is 317 g/mol. The minimum atomic E-state index is -4.59. The fourth-order valence-corrected chi connectivity index (χ4v) is 2.08. The summed E-state index contributed by atoms with van der Waals surface area (Å²) in [5.74, 6) is -0.980. The first kappa shape index (κ1) is 13.7. The summed E-state index contributed by atoms with van der Waals surface area (Å²) >= 11 is 5.91. The molecule has 0 saturated carbocycles. The molecule has 0 bridgehead atoms. The predicted octanol–water partition coefficient (Wildman–Crippen LogP) is 3.60. The highest BCUT2D eigenvalue weighted by molar-refractivity contribution is 6.29. The molecule has 0 aliphatic carbocycles. The Morgan fingerprint density at radius 2 is 1.86 bits per heavy atom. The van der Waals surface area contributed by atoms with Crippen molar-refractivity contribution in [1.29, 1.82) is 0 Å². The van der Waals surface area contributed by atoms with Crippen molar-refractivity contribution in [1.82, 2.24) is 19.6 Å². The van der Waals surface area contributed by atoms with Crippen molar-refractivity contribution in [3.05, 3.63) is 47.1 Å². The molecule has 0 saturated heterocycles. The zero-order valence-electron chi connectivity index (χ0n) is 10.1. The second kappa shape index (κ2) is 4.66. The number of nitrogens with zero attached hydrogens (tertiary/aromatic N) is 4. The van der Waals surface area contributed by atoms with Crippen LogP contribution in [0.4, 0.5) is 17.6 Å². The van der Waals surface area contributed by atoms with Crippen LogP contribution in [0, 0.1) is 5.82 Å². The highest BCUT2D eigenvalue weighted by atomic mass is 35.5. The van der Waals surface area contributed by atoms with E-state index in [0.29, 0.717) is 12.1 Å². The van der Waals surface area contributed by atoms with Gasteiger partial charge < -0.3 is 0 Å². The van der Waals surface area contributed by atoms with Crippen LogP contribution in [0.25, 0.3) is 17.0 Å². The van der Waals surface area contributed by atoms with Crippen molar-refractivity contribution < 1.29 is 17.6 Å². The van der Waals surface area contributed by atoms with Crippen LogP contribution in [0.15, 0.2) is 30.6 Å². The molecule has 0 unspecified atom stereocenters. The summed E-state index contributed by atoms with van der Waals surface area (Å²) in [4.78, 5) is 3.77. The van der Waals surface area contributed by atoms with Gasteiger partial charge in [0.15, 0.2) is 11.5 Å². The van der Waals surface area contributed by atoms with Crippen LogP contribution in [-0.4, -0.2) is 19.6 Å². The molecular formula is C12H5ClF4N4. The number of aromatic nitrogens is 4. The molecule has 0 radical (unpaired) electrons. The van der Waals surface area contributed by atoms with Crippen molar-refractivity contribution in [3.8, 4) is 11.4 Å². The van der Waals surface area contributed by atoms with Crippen molar-refractivity contribution in [3.63, 3.8) is 0 Å². The van der Waals surface area contributed by atoms with Gasteiger partial charge in [-0.3, -0.25) is 9.38 Å². The Morgan fingerprint density at radius 3 is 2.57 bits per heavy atom. The first-order valence-electron chi connectivity index (χ1n) is 5.59. The molecule has 0 N–H and O–H groups in total. The van der Waals surface area contributed by atoms with E-state index in [1.165, 1.54) is 16.8 Å². The average Bonchev–Trinajstić information content (AvgIpc) is 2.83. The van der Waals surface area contributed by atoms with E-state index in [9.17, 15) is 17.6 Å². The second-order valence-corrected chi connectivity index (χ2v) is 4.53. The molecule has 3 aromatic rings. The Bertz CT molecular complexity index is 828. The molecule has 0 aliphatic heterocycles. The van der Waals surface area contributed by atoms with E-state index in [4.69, 9.17) is 11.6 Å². The largest absolute Gasteiger partial charge is 0.416 e. The van der Waals surface area contributed by atoms with Crippen LogP contribution in [0.2, 0.25) is 5.15 Å². The monoisotopic (exact) mass is 316 g/mol. The number of benzene rings is 1. The number of rotatable bonds is 1. The van der Waals surface area contributed by atoms with Crippen molar-refractivity contribution in [2.75, 3.05) is 0 Å². The fourth-order valence-electron chi connectivity index (χ4n) is 1.86. The Morgan fingerprint density at radius 1 is 1.10 bits per heavy atom. The van der Waals surface area contributed by atoms with Gasteiger partial charge in [0.25, 0.3) is 0 Å². The van der Waals surface area contributed by atoms with E-state index in [1.807, 2.05) is 0 Å². The lowest BCUT2D eigenvalue weighted by Crippen LogP contribution is -2.06. The van der Waals surface area contributed by atoms with E-state index in [1.54, 1.807) is 0 Å². The molecule has 0 aliphatic rings. The first-order valence-corrected chi connectivity index (χ1v) is 5.97. The number of fused-ring (bicyclic) bond motifs is 1. The molecule has 0 fully saturated rings. The van der Waals surface area contributed by atoms with Crippen LogP contribution in [0.5, 0.6) is 0 Å². The zero-order valence-corrected chi connectivity index (χ0v) is 10.8. The van der Waals surface area contributed by atoms with Crippen LogP contribution in [0.3, 0.4) is 0 Å². The quantitative estimate of drug-likeness (QED) is 0.644. The summed E-state index contributed by atoms with van der Waals surface area (Å²) in [7, 11) is 0. The number of hydrogen-bond acceptors (Lipinski definition) is 3. The Kier molecular flexibility index (Phi) is 3.05. The third-order valence-electron chi connectivity index (χ3n) is 2.81. The molecule has 0 atom stereocenters. The number of alkyl halides is 3. The first-order chi connectivity index (χ1) is 9.88. The lowest BCUT2D eigenvalue weighted by molar-refractivity contribution is -0.137. The summed E-state index contributed by atoms with van der Waals surface area (Å²) in [6.07, 6.45) is -2.02. The van der Waals surface area contributed by atoms with Gasteiger partial charge in [0.05, 0.1) is 23.5 Å². The molecule has 0 amide bonds. The topological polar surface area (TPSA) is 43.1 Å². The standard InChI is InChI=1S/C12H5ClF4N4/c13-9-4-18-5-10-19-20-11(21(9)10)7-3-6(12(15,16)17)1-2-8(7)14/h1-5H. The van der Waals surface area contributed by atoms with Gasteiger partial charge in [-0.25, -0.2) is 4.39 Å². The lowest BCUT2D eigenvalue weighted by Gasteiger charge is -2.09. The summed E-state index contributed by atoms with van der Waals surface area (Å²) in [6.45, 7) is 0. The van der Waals surface area contributed by atoms with Crippen LogP contribution in [0.1, 0.15) is 5.56 Å². The molecule has 108 valence electrons. The van der Waals surface area contributed by atoms with Gasteiger partial charge in [0.2, 0.25) is 0 Å². The molecule has 9 heteroatoms. The van der Waals surface area contributed by atoms with E-state index >= 15 is 0 Å². The molecule has 1 aromatic carbocycles. The molecule has 0 spiro atoms. The third-order valence-corrected chi connectivity index (χ3v) is 3.07. The molecule has 2 aromatic heterocycles. The highest BCUT2D eigenvalue weighted by Gasteiger charge is 2.31. The summed E-state index contributed by atoms with van der Waals surface area (Å²) < 4.78 is 53.3. The number of hydrogen-bond donors (Lipinski definition) is 0. The van der Waals surface area contributed by atoms with E-state index in [2.05, 4.69) is 15.2 Å². The van der Waals surface area contributed by atoms with Gasteiger partial charge in [0, 0.05) is 0 Å². The van der Waals surface area contributed by atoms with Gasteiger partial charge in [-0.15, -0.1) is 10.2 Å². The summed E-state index contributed by atoms with van der Waals surface area (Å²) in [5.41, 5.74) is -1.12. The van der Waals surface area contributed by atoms with Gasteiger partial charge in [-0.05, 0) is 18.2 Å². The number of halogens is 5. The molecular weight excluding hydrogens is 312 g/mol. The maximum atomic E-state index is 13.9. The minimum Gasteiger partial charge on any atom is -0.262 e. The maximum Gasteiger partial charge on any atom is 0.416 e. The van der Waals surface area contributed by atoms with Crippen molar-refractivity contribution in [2.24, 2.45) is 0 Å². The van der Waals surface area contributed by atoms with Gasteiger partial charge in [-0.2, -0.15) is 13.2 Å². The SMILES string of the molecule is Fc1ccc(C(F)(F)F)cc1-c1nnc2cncc(Cl)n12. The summed E-state index contributed by atoms with van der Waals surface area (Å²) in [5, 5.41) is 7.46. The fraction of sp³-hybridized carbons (Fsp3) is 0.0833. The predicted molar refractivity (Wildman–Crippen MR) is 66.2 cm³/mol. The molecule has 2 heterocycles. The molecule has 21 heavy (non-hydrogen) atoms. The van der Waals surface area contributed by atoms with Gasteiger partial charge in [0.1, 0.15) is 11.0 Å². The van der Waals surface area contributed by atoms with Crippen molar-refractivity contribution in [2.45, 2.75) is 6.18 Å². The van der Waals surface area contributed by atoms with E-state index in [0.717, 1.165) is 6.07 Å². The maximum absolute atomic E-state index is 13.9. The Hall–Kier alpha value is -2.22. The highest BCUT2D eigenvalue weighted by Crippen LogP contribution is 2.33. The summed E-state index contributed by atoms with van der Waals surface area (Å²) in [6, 6.07) is 2.06. The molecule has 4 nitrogen and oxygen atoms in total. The second-order valence-electron chi connectivity index (χ2n) is 4.14. The Labute approximate surface area is 120 Å². The lowest BCUT2D eigenvalue weighted by atomic mass is 10.1. The van der Waals surface area contributed by atoms with Gasteiger partial charge in [-0.1, -0.05) is 11.6 Å². The van der Waals surface area contributed by atoms with E-state index < -0.39 is 17.6 Å².